The van der Waals surface area contributed by atoms with Crippen molar-refractivity contribution in [3.05, 3.63) is 0 Å². The minimum atomic E-state index is 0.0127. The van der Waals surface area contributed by atoms with Crippen LogP contribution >= 0.6 is 11.6 Å². The molecule has 12 heavy (non-hydrogen) atoms. The fourth-order valence-electron chi connectivity index (χ4n) is 3.04. The van der Waals surface area contributed by atoms with E-state index in [-0.39, 0.29) is 16.2 Å². The van der Waals surface area contributed by atoms with Gasteiger partial charge in [0.25, 0.3) is 0 Å². The van der Waals surface area contributed by atoms with Crippen molar-refractivity contribution in [2.24, 2.45) is 16.7 Å². The van der Waals surface area contributed by atoms with Crippen molar-refractivity contribution in [3.63, 3.8) is 0 Å². The van der Waals surface area contributed by atoms with Gasteiger partial charge in [-0.15, -0.1) is 11.6 Å². The van der Waals surface area contributed by atoms with Gasteiger partial charge in [-0.1, -0.05) is 20.8 Å². The zero-order valence-corrected chi connectivity index (χ0v) is 8.70. The van der Waals surface area contributed by atoms with Crippen LogP contribution in [-0.2, 0) is 0 Å². The Kier molecular flexibility index (Phi) is 1.47. The predicted octanol–water partition coefficient (Wildman–Crippen LogP) is 3.07. The number of nitrogens with one attached hydrogen (secondary N) is 1. The molecular formula is C10H16ClN. The molecule has 2 fully saturated rings. The SMILES string of the molecule is CC12CCC(C(Cl)C1=N)C2(C)C. The van der Waals surface area contributed by atoms with Crippen molar-refractivity contribution in [3.8, 4) is 0 Å². The van der Waals surface area contributed by atoms with Gasteiger partial charge in [-0.25, -0.2) is 0 Å². The molecule has 0 amide bonds. The minimum absolute atomic E-state index is 0.0127. The van der Waals surface area contributed by atoms with Gasteiger partial charge in [-0.3, -0.25) is 0 Å². The van der Waals surface area contributed by atoms with Gasteiger partial charge in [-0.05, 0) is 24.2 Å². The summed E-state index contributed by atoms with van der Waals surface area (Å²) in [5, 5.41) is 7.98. The standard InChI is InChI=1S/C10H16ClN/c1-9(2)6-4-5-10(9,3)8(12)7(6)11/h6-7,12H,4-5H2,1-3H3. The lowest BCUT2D eigenvalue weighted by molar-refractivity contribution is 0.194. The van der Waals surface area contributed by atoms with Gasteiger partial charge in [0, 0.05) is 11.1 Å². The molecule has 0 spiro atoms. The third kappa shape index (κ3) is 0.654. The number of rotatable bonds is 0. The van der Waals surface area contributed by atoms with E-state index in [2.05, 4.69) is 20.8 Å². The average Bonchev–Trinajstić information content (AvgIpc) is 2.26. The number of fused-ring (bicyclic) bond motifs is 2. The first-order chi connectivity index (χ1) is 5.41. The van der Waals surface area contributed by atoms with Crippen LogP contribution < -0.4 is 0 Å². The predicted molar refractivity (Wildman–Crippen MR) is 52.0 cm³/mol. The van der Waals surface area contributed by atoms with Gasteiger partial charge in [0.15, 0.2) is 0 Å². The van der Waals surface area contributed by atoms with E-state index in [9.17, 15) is 0 Å². The molecule has 1 nitrogen and oxygen atoms in total. The van der Waals surface area contributed by atoms with Gasteiger partial charge < -0.3 is 5.41 Å². The van der Waals surface area contributed by atoms with Gasteiger partial charge in [0.2, 0.25) is 0 Å². The molecule has 3 atom stereocenters. The first-order valence-corrected chi connectivity index (χ1v) is 5.08. The van der Waals surface area contributed by atoms with Crippen LogP contribution in [0.4, 0.5) is 0 Å². The lowest BCUT2D eigenvalue weighted by atomic mass is 9.70. The maximum absolute atomic E-state index is 7.96. The van der Waals surface area contributed by atoms with Crippen LogP contribution in [-0.4, -0.2) is 11.1 Å². The zero-order chi connectivity index (χ0) is 9.15. The van der Waals surface area contributed by atoms with Crippen molar-refractivity contribution < 1.29 is 0 Å². The third-order valence-electron chi connectivity index (χ3n) is 4.53. The van der Waals surface area contributed by atoms with E-state index in [4.69, 9.17) is 17.0 Å². The van der Waals surface area contributed by atoms with Crippen molar-refractivity contribution in [2.75, 3.05) is 0 Å². The van der Waals surface area contributed by atoms with Crippen LogP contribution in [0.2, 0.25) is 0 Å². The normalized spacial score (nSPS) is 50.2. The van der Waals surface area contributed by atoms with Crippen molar-refractivity contribution in [1.82, 2.24) is 0 Å². The van der Waals surface area contributed by atoms with Gasteiger partial charge >= 0.3 is 0 Å². The first kappa shape index (κ1) is 8.55. The second-order valence-corrected chi connectivity index (χ2v) is 5.48. The molecule has 0 saturated heterocycles. The van der Waals surface area contributed by atoms with E-state index in [1.165, 1.54) is 6.42 Å². The molecule has 0 heterocycles. The summed E-state index contributed by atoms with van der Waals surface area (Å²) in [6, 6.07) is 0. The molecule has 2 aliphatic carbocycles. The van der Waals surface area contributed by atoms with E-state index >= 15 is 0 Å². The zero-order valence-electron chi connectivity index (χ0n) is 7.95. The lowest BCUT2D eigenvalue weighted by Crippen LogP contribution is -2.33. The molecule has 1 N–H and O–H groups in total. The molecule has 2 bridgehead atoms. The maximum atomic E-state index is 7.96. The summed E-state index contributed by atoms with van der Waals surface area (Å²) in [4.78, 5) is 0. The Hall–Kier alpha value is -0.0400. The highest BCUT2D eigenvalue weighted by Crippen LogP contribution is 2.64. The fraction of sp³-hybridized carbons (Fsp3) is 0.900. The summed E-state index contributed by atoms with van der Waals surface area (Å²) in [6.07, 6.45) is 2.37. The molecule has 0 aromatic carbocycles. The molecule has 0 aromatic rings. The highest BCUT2D eigenvalue weighted by molar-refractivity contribution is 6.34. The first-order valence-electron chi connectivity index (χ1n) is 4.64. The van der Waals surface area contributed by atoms with Crippen LogP contribution in [0, 0.1) is 22.2 Å². The highest BCUT2D eigenvalue weighted by Gasteiger charge is 2.63. The summed E-state index contributed by atoms with van der Waals surface area (Å²) in [5.74, 6) is 0.539. The fourth-order valence-corrected chi connectivity index (χ4v) is 3.72. The molecule has 2 saturated carbocycles. The smallest absolute Gasteiger partial charge is 0.0750 e. The number of hydrogen-bond acceptors (Lipinski definition) is 1. The molecular weight excluding hydrogens is 170 g/mol. The van der Waals surface area contributed by atoms with Crippen molar-refractivity contribution in [2.45, 2.75) is 39.0 Å². The Morgan fingerprint density at radius 2 is 2.00 bits per heavy atom. The molecule has 0 radical (unpaired) electrons. The molecule has 2 heteroatoms. The van der Waals surface area contributed by atoms with E-state index in [0.29, 0.717) is 5.92 Å². The summed E-state index contributed by atoms with van der Waals surface area (Å²) in [7, 11) is 0. The molecule has 68 valence electrons. The maximum Gasteiger partial charge on any atom is 0.0750 e. The quantitative estimate of drug-likeness (QED) is 0.561. The minimum Gasteiger partial charge on any atom is -0.308 e. The van der Waals surface area contributed by atoms with E-state index < -0.39 is 0 Å². The largest absolute Gasteiger partial charge is 0.308 e. The Bertz CT molecular complexity index is 246. The van der Waals surface area contributed by atoms with Gasteiger partial charge in [0.1, 0.15) is 0 Å². The lowest BCUT2D eigenvalue weighted by Gasteiger charge is -2.33. The number of hydrogen-bond donors (Lipinski definition) is 1. The highest BCUT2D eigenvalue weighted by atomic mass is 35.5. The third-order valence-corrected chi connectivity index (χ3v) is 5.05. The van der Waals surface area contributed by atoms with E-state index in [1.807, 2.05) is 0 Å². The Labute approximate surface area is 79.0 Å². The monoisotopic (exact) mass is 185 g/mol. The van der Waals surface area contributed by atoms with Crippen LogP contribution in [0.25, 0.3) is 0 Å². The second kappa shape index (κ2) is 2.06. The van der Waals surface area contributed by atoms with Crippen LogP contribution in [0.1, 0.15) is 33.6 Å². The Morgan fingerprint density at radius 3 is 2.25 bits per heavy atom. The van der Waals surface area contributed by atoms with E-state index in [1.54, 1.807) is 0 Å². The summed E-state index contributed by atoms with van der Waals surface area (Å²) in [5.41, 5.74) is 1.12. The van der Waals surface area contributed by atoms with Gasteiger partial charge in [-0.2, -0.15) is 0 Å². The topological polar surface area (TPSA) is 23.9 Å². The van der Waals surface area contributed by atoms with Crippen molar-refractivity contribution >= 4 is 17.3 Å². The summed E-state index contributed by atoms with van der Waals surface area (Å²) < 4.78 is 0. The van der Waals surface area contributed by atoms with Crippen LogP contribution in [0.5, 0.6) is 0 Å². The number of halogens is 1. The summed E-state index contributed by atoms with van der Waals surface area (Å²) in [6.45, 7) is 6.74. The molecule has 2 rings (SSSR count). The van der Waals surface area contributed by atoms with Gasteiger partial charge in [0.05, 0.1) is 5.38 Å². The Balaban J connectivity index is 2.50. The molecule has 0 aliphatic heterocycles. The second-order valence-electron chi connectivity index (χ2n) is 5.01. The van der Waals surface area contributed by atoms with Crippen molar-refractivity contribution in [1.29, 1.82) is 5.41 Å². The number of alkyl halides is 1. The molecule has 0 aromatic heterocycles. The average molecular weight is 186 g/mol. The van der Waals surface area contributed by atoms with Crippen LogP contribution in [0.3, 0.4) is 0 Å². The summed E-state index contributed by atoms with van der Waals surface area (Å²) >= 11 is 6.21. The van der Waals surface area contributed by atoms with Crippen LogP contribution in [0.15, 0.2) is 0 Å². The Morgan fingerprint density at radius 1 is 1.42 bits per heavy atom. The molecule has 2 aliphatic rings. The van der Waals surface area contributed by atoms with E-state index in [0.717, 1.165) is 12.1 Å². The molecule has 3 unspecified atom stereocenters.